The van der Waals surface area contributed by atoms with Gasteiger partial charge in [-0.2, -0.15) is 0 Å². The largest absolute Gasteiger partial charge is 0.486 e. The van der Waals surface area contributed by atoms with Gasteiger partial charge in [0.15, 0.2) is 17.5 Å². The Morgan fingerprint density at radius 3 is 2.93 bits per heavy atom. The van der Waals surface area contributed by atoms with Gasteiger partial charge in [0, 0.05) is 31.1 Å². The molecule has 0 aliphatic carbocycles. The zero-order valence-corrected chi connectivity index (χ0v) is 18.5. The van der Waals surface area contributed by atoms with E-state index in [0.717, 1.165) is 43.6 Å². The molecule has 1 aromatic carbocycles. The Balaban J connectivity index is 1.26. The molecule has 2 aliphatic rings. The second-order valence-electron chi connectivity index (χ2n) is 7.92. The molecule has 0 saturated carbocycles. The number of rotatable bonds is 7. The number of guanidine groups is 1. The topological polar surface area (TPSA) is 58.1 Å². The molecule has 0 bridgehead atoms. The van der Waals surface area contributed by atoms with Gasteiger partial charge in [-0.1, -0.05) is 18.2 Å². The van der Waals surface area contributed by atoms with Gasteiger partial charge in [0.1, 0.15) is 12.7 Å². The molecule has 3 heterocycles. The van der Waals surface area contributed by atoms with Gasteiger partial charge in [-0.3, -0.25) is 9.89 Å². The molecule has 2 N–H and O–H groups in total. The van der Waals surface area contributed by atoms with Crippen LogP contribution in [0, 0.1) is 5.92 Å². The normalized spacial score (nSPS) is 22.0. The number of nitrogens with zero attached hydrogens (tertiary/aromatic N) is 2. The van der Waals surface area contributed by atoms with Crippen LogP contribution in [0.15, 0.2) is 46.8 Å². The van der Waals surface area contributed by atoms with Crippen LogP contribution in [0.1, 0.15) is 24.6 Å². The molecule has 162 valence electrons. The fourth-order valence-corrected chi connectivity index (χ4v) is 4.75. The molecule has 2 atom stereocenters. The van der Waals surface area contributed by atoms with E-state index in [1.54, 1.807) is 0 Å². The molecule has 0 spiro atoms. The van der Waals surface area contributed by atoms with Gasteiger partial charge in [0.05, 0.1) is 6.54 Å². The summed E-state index contributed by atoms with van der Waals surface area (Å²) in [7, 11) is 0. The zero-order chi connectivity index (χ0) is 20.6. The summed E-state index contributed by atoms with van der Waals surface area (Å²) >= 11 is 1.85. The summed E-state index contributed by atoms with van der Waals surface area (Å²) in [5, 5.41) is 8.95. The first-order valence-corrected chi connectivity index (χ1v) is 11.8. The van der Waals surface area contributed by atoms with E-state index in [4.69, 9.17) is 14.5 Å². The van der Waals surface area contributed by atoms with Crippen molar-refractivity contribution in [3.05, 3.63) is 46.7 Å². The van der Waals surface area contributed by atoms with Gasteiger partial charge in [0.25, 0.3) is 0 Å². The Bertz CT molecular complexity index is 811. The second kappa shape index (κ2) is 10.7. The fourth-order valence-electron chi connectivity index (χ4n) is 4.00. The maximum atomic E-state index is 6.04. The van der Waals surface area contributed by atoms with Crippen LogP contribution in [0.2, 0.25) is 0 Å². The highest BCUT2D eigenvalue weighted by Gasteiger charge is 2.22. The number of fused-ring (bicyclic) bond motifs is 1. The smallest absolute Gasteiger partial charge is 0.191 e. The van der Waals surface area contributed by atoms with Crippen LogP contribution >= 0.6 is 11.3 Å². The second-order valence-corrected chi connectivity index (χ2v) is 8.95. The summed E-state index contributed by atoms with van der Waals surface area (Å²) in [5.74, 6) is 3.09. The van der Waals surface area contributed by atoms with Crippen LogP contribution in [0.5, 0.6) is 11.5 Å². The predicted octanol–water partition coefficient (Wildman–Crippen LogP) is 3.36. The number of thiophene rings is 1. The third-order valence-corrected chi connectivity index (χ3v) is 6.34. The number of ether oxygens (including phenoxy) is 2. The van der Waals surface area contributed by atoms with Gasteiger partial charge in [0.2, 0.25) is 0 Å². The molecule has 4 rings (SSSR count). The van der Waals surface area contributed by atoms with Crippen molar-refractivity contribution in [3.8, 4) is 11.5 Å². The number of para-hydroxylation sites is 2. The standard InChI is InChI=1S/C23H32N4O2S/c1-2-24-23(26-14-19-17-28-21-9-3-4-10-22(21)29-19)25-13-18-7-5-11-27(15-18)16-20-8-6-12-30-20/h3-4,6,8-10,12,18-19H,2,5,7,11,13-17H2,1H3,(H2,24,25,26). The number of piperidine rings is 1. The highest BCUT2D eigenvalue weighted by atomic mass is 32.1. The average Bonchev–Trinajstić information content (AvgIpc) is 3.29. The molecule has 2 unspecified atom stereocenters. The molecular weight excluding hydrogens is 396 g/mol. The van der Waals surface area contributed by atoms with Gasteiger partial charge < -0.3 is 20.1 Å². The lowest BCUT2D eigenvalue weighted by Gasteiger charge is -2.31. The summed E-state index contributed by atoms with van der Waals surface area (Å²) < 4.78 is 11.9. The van der Waals surface area contributed by atoms with Crippen molar-refractivity contribution in [1.82, 2.24) is 15.5 Å². The quantitative estimate of drug-likeness (QED) is 0.523. The fraction of sp³-hybridized carbons (Fsp3) is 0.522. The van der Waals surface area contributed by atoms with Crippen LogP contribution in [-0.4, -0.2) is 56.3 Å². The number of benzene rings is 1. The highest BCUT2D eigenvalue weighted by molar-refractivity contribution is 7.09. The Kier molecular flexibility index (Phi) is 7.48. The van der Waals surface area contributed by atoms with Gasteiger partial charge >= 0.3 is 0 Å². The summed E-state index contributed by atoms with van der Waals surface area (Å²) in [6, 6.07) is 12.2. The van der Waals surface area contributed by atoms with Crippen LogP contribution in [0.4, 0.5) is 0 Å². The minimum Gasteiger partial charge on any atom is -0.486 e. The maximum Gasteiger partial charge on any atom is 0.191 e. The number of hydrogen-bond donors (Lipinski definition) is 2. The van der Waals surface area contributed by atoms with E-state index in [0.29, 0.717) is 19.1 Å². The summed E-state index contributed by atoms with van der Waals surface area (Å²) in [4.78, 5) is 8.89. The molecule has 1 saturated heterocycles. The summed E-state index contributed by atoms with van der Waals surface area (Å²) in [5.41, 5.74) is 0. The van der Waals surface area contributed by atoms with Crippen molar-refractivity contribution in [2.75, 3.05) is 39.3 Å². The minimum atomic E-state index is -0.0280. The molecule has 2 aliphatic heterocycles. The van der Waals surface area contributed by atoms with Crippen LogP contribution < -0.4 is 20.1 Å². The molecule has 7 heteroatoms. The van der Waals surface area contributed by atoms with E-state index < -0.39 is 0 Å². The lowest BCUT2D eigenvalue weighted by Crippen LogP contribution is -2.45. The molecule has 0 radical (unpaired) electrons. The third-order valence-electron chi connectivity index (χ3n) is 5.48. The van der Waals surface area contributed by atoms with Crippen molar-refractivity contribution in [2.24, 2.45) is 10.9 Å². The first kappa shape index (κ1) is 21.0. The first-order valence-electron chi connectivity index (χ1n) is 11.0. The molecule has 2 aromatic rings. The van der Waals surface area contributed by atoms with Crippen molar-refractivity contribution in [3.63, 3.8) is 0 Å². The molecule has 30 heavy (non-hydrogen) atoms. The van der Waals surface area contributed by atoms with Crippen molar-refractivity contribution in [1.29, 1.82) is 0 Å². The predicted molar refractivity (Wildman–Crippen MR) is 123 cm³/mol. The lowest BCUT2D eigenvalue weighted by atomic mass is 9.98. The van der Waals surface area contributed by atoms with Crippen molar-refractivity contribution in [2.45, 2.75) is 32.4 Å². The number of hydrogen-bond acceptors (Lipinski definition) is 5. The Labute approximate surface area is 183 Å². The first-order chi connectivity index (χ1) is 14.8. The maximum absolute atomic E-state index is 6.04. The number of nitrogens with one attached hydrogen (secondary N) is 2. The van der Waals surface area contributed by atoms with E-state index in [1.165, 1.54) is 24.3 Å². The van der Waals surface area contributed by atoms with Gasteiger partial charge in [-0.25, -0.2) is 0 Å². The SMILES string of the molecule is CCNC(=NCC1CCCN(Cc2cccs2)C1)NCC1COc2ccccc2O1. The van der Waals surface area contributed by atoms with Crippen molar-refractivity contribution >= 4 is 17.3 Å². The highest BCUT2D eigenvalue weighted by Crippen LogP contribution is 2.30. The van der Waals surface area contributed by atoms with E-state index in [9.17, 15) is 0 Å². The Morgan fingerprint density at radius 2 is 2.10 bits per heavy atom. The Hall–Kier alpha value is -2.25. The molecule has 6 nitrogen and oxygen atoms in total. The minimum absolute atomic E-state index is 0.0280. The monoisotopic (exact) mass is 428 g/mol. The van der Waals surface area contributed by atoms with Gasteiger partial charge in [-0.05, 0) is 55.8 Å². The molecule has 1 aromatic heterocycles. The molecular formula is C23H32N4O2S. The molecule has 1 fully saturated rings. The number of likely N-dealkylation sites (tertiary alicyclic amines) is 1. The van der Waals surface area contributed by atoms with Crippen LogP contribution in [0.3, 0.4) is 0 Å². The average molecular weight is 429 g/mol. The van der Waals surface area contributed by atoms with E-state index in [2.05, 4.69) is 40.0 Å². The van der Waals surface area contributed by atoms with E-state index >= 15 is 0 Å². The van der Waals surface area contributed by atoms with Crippen LogP contribution in [-0.2, 0) is 6.54 Å². The summed E-state index contributed by atoms with van der Waals surface area (Å²) in [6.07, 6.45) is 2.47. The van der Waals surface area contributed by atoms with Crippen LogP contribution in [0.25, 0.3) is 0 Å². The lowest BCUT2D eigenvalue weighted by molar-refractivity contribution is 0.0936. The van der Waals surface area contributed by atoms with Gasteiger partial charge in [-0.15, -0.1) is 11.3 Å². The third kappa shape index (κ3) is 5.89. The number of aliphatic imine (C=N–C) groups is 1. The Morgan fingerprint density at radius 1 is 1.20 bits per heavy atom. The van der Waals surface area contributed by atoms with Crippen molar-refractivity contribution < 1.29 is 9.47 Å². The zero-order valence-electron chi connectivity index (χ0n) is 17.7. The van der Waals surface area contributed by atoms with E-state index in [1.807, 2.05) is 35.6 Å². The van der Waals surface area contributed by atoms with E-state index in [-0.39, 0.29) is 6.10 Å². The summed E-state index contributed by atoms with van der Waals surface area (Å²) in [6.45, 7) is 8.37. The molecule has 0 amide bonds.